The lowest BCUT2D eigenvalue weighted by Gasteiger charge is -2.19. The van der Waals surface area contributed by atoms with Crippen molar-refractivity contribution in [1.29, 1.82) is 0 Å². The zero-order valence-corrected chi connectivity index (χ0v) is 12.1. The zero-order valence-electron chi connectivity index (χ0n) is 10.5. The number of alkyl halides is 2. The minimum absolute atomic E-state index is 0.0994. The largest absolute Gasteiger partial charge is 0.485 e. The Bertz CT molecular complexity index is 573. The molecule has 20 heavy (non-hydrogen) atoms. The smallest absolute Gasteiger partial charge is 0.306 e. The maximum absolute atomic E-state index is 14.0. The average Bonchev–Trinajstić information content (AvgIpc) is 2.46. The molecular formula is C15H13BrF2O2. The fourth-order valence-electron chi connectivity index (χ4n) is 1.77. The molecule has 5 heteroatoms. The third kappa shape index (κ3) is 3.35. The summed E-state index contributed by atoms with van der Waals surface area (Å²) < 4.78 is 33.8. The number of hydrogen-bond acceptors (Lipinski definition) is 2. The van der Waals surface area contributed by atoms with Gasteiger partial charge < -0.3 is 9.84 Å². The van der Waals surface area contributed by atoms with Crippen molar-refractivity contribution in [3.63, 3.8) is 0 Å². The topological polar surface area (TPSA) is 29.5 Å². The van der Waals surface area contributed by atoms with Crippen molar-refractivity contribution in [2.75, 3.05) is 6.61 Å². The molecule has 106 valence electrons. The van der Waals surface area contributed by atoms with E-state index < -0.39 is 12.5 Å². The van der Waals surface area contributed by atoms with Gasteiger partial charge in [0.25, 0.3) is 0 Å². The Labute approximate surface area is 124 Å². The number of halogens is 3. The first-order valence-corrected chi connectivity index (χ1v) is 6.78. The van der Waals surface area contributed by atoms with Crippen LogP contribution in [0.4, 0.5) is 8.78 Å². The van der Waals surface area contributed by atoms with Crippen molar-refractivity contribution in [3.05, 3.63) is 64.1 Å². The highest BCUT2D eigenvalue weighted by Crippen LogP contribution is 2.33. The Kier molecular flexibility index (Phi) is 4.73. The number of rotatable bonds is 5. The summed E-state index contributed by atoms with van der Waals surface area (Å²) in [5, 5.41) is 9.20. The average molecular weight is 343 g/mol. The van der Waals surface area contributed by atoms with Gasteiger partial charge in [-0.15, -0.1) is 0 Å². The van der Waals surface area contributed by atoms with E-state index in [9.17, 15) is 13.9 Å². The monoisotopic (exact) mass is 342 g/mol. The van der Waals surface area contributed by atoms with Crippen LogP contribution in [-0.2, 0) is 12.5 Å². The van der Waals surface area contributed by atoms with Crippen molar-refractivity contribution in [3.8, 4) is 5.75 Å². The summed E-state index contributed by atoms with van der Waals surface area (Å²) >= 11 is 3.23. The molecule has 2 nitrogen and oxygen atoms in total. The Balaban J connectivity index is 2.17. The van der Waals surface area contributed by atoms with Crippen LogP contribution in [0.2, 0.25) is 0 Å². The molecule has 0 unspecified atom stereocenters. The van der Waals surface area contributed by atoms with Crippen LogP contribution in [0.15, 0.2) is 53.0 Å². The van der Waals surface area contributed by atoms with E-state index in [2.05, 4.69) is 15.9 Å². The fraction of sp³-hybridized carbons (Fsp3) is 0.200. The highest BCUT2D eigenvalue weighted by molar-refractivity contribution is 9.10. The predicted molar refractivity (Wildman–Crippen MR) is 75.9 cm³/mol. The molecule has 0 atom stereocenters. The van der Waals surface area contributed by atoms with Crippen molar-refractivity contribution in [1.82, 2.24) is 0 Å². The van der Waals surface area contributed by atoms with Gasteiger partial charge in [0.15, 0.2) is 6.61 Å². The van der Waals surface area contributed by atoms with Gasteiger partial charge in [0, 0.05) is 11.1 Å². The minimum Gasteiger partial charge on any atom is -0.485 e. The fourth-order valence-corrected chi connectivity index (χ4v) is 2.29. The van der Waals surface area contributed by atoms with Gasteiger partial charge in [0.1, 0.15) is 5.75 Å². The summed E-state index contributed by atoms with van der Waals surface area (Å²) in [6.45, 7) is -1.06. The summed E-state index contributed by atoms with van der Waals surface area (Å²) in [5.74, 6) is -2.85. The van der Waals surface area contributed by atoms with Crippen molar-refractivity contribution in [2.45, 2.75) is 12.5 Å². The van der Waals surface area contributed by atoms with Gasteiger partial charge in [-0.2, -0.15) is 8.78 Å². The first-order valence-electron chi connectivity index (χ1n) is 5.99. The van der Waals surface area contributed by atoms with E-state index in [4.69, 9.17) is 4.74 Å². The Hall–Kier alpha value is -1.46. The maximum Gasteiger partial charge on any atom is 0.306 e. The molecule has 0 saturated heterocycles. The van der Waals surface area contributed by atoms with Gasteiger partial charge in [-0.05, 0) is 22.0 Å². The second-order valence-corrected chi connectivity index (χ2v) is 5.10. The first kappa shape index (κ1) is 14.9. The molecule has 0 saturated carbocycles. The molecule has 2 aromatic carbocycles. The Morgan fingerprint density at radius 1 is 1.05 bits per heavy atom. The molecule has 1 N–H and O–H groups in total. The van der Waals surface area contributed by atoms with Gasteiger partial charge >= 0.3 is 5.92 Å². The van der Waals surface area contributed by atoms with Crippen LogP contribution in [0, 0.1) is 0 Å². The van der Waals surface area contributed by atoms with E-state index in [0.717, 1.165) is 0 Å². The molecule has 0 aromatic heterocycles. The number of benzene rings is 2. The zero-order chi connectivity index (χ0) is 14.6. The lowest BCUT2D eigenvalue weighted by Crippen LogP contribution is -2.23. The molecular weight excluding hydrogens is 330 g/mol. The van der Waals surface area contributed by atoms with Crippen LogP contribution in [0.25, 0.3) is 0 Å². The molecule has 0 radical (unpaired) electrons. The maximum atomic E-state index is 14.0. The molecule has 0 spiro atoms. The van der Waals surface area contributed by atoms with E-state index in [1.165, 1.54) is 12.1 Å². The SMILES string of the molecule is OCc1cccc(Br)c1OCC(F)(F)c1ccccc1. The normalized spacial score (nSPS) is 11.4. The van der Waals surface area contributed by atoms with Crippen molar-refractivity contribution >= 4 is 15.9 Å². The van der Waals surface area contributed by atoms with Gasteiger partial charge in [-0.3, -0.25) is 0 Å². The van der Waals surface area contributed by atoms with Gasteiger partial charge in [-0.1, -0.05) is 42.5 Å². The van der Waals surface area contributed by atoms with E-state index in [-0.39, 0.29) is 17.9 Å². The van der Waals surface area contributed by atoms with Gasteiger partial charge in [0.05, 0.1) is 11.1 Å². The lowest BCUT2D eigenvalue weighted by atomic mass is 10.1. The summed E-state index contributed by atoms with van der Waals surface area (Å²) in [4.78, 5) is 0. The molecule has 0 aliphatic heterocycles. The summed E-state index contributed by atoms with van der Waals surface area (Å²) in [7, 11) is 0. The second-order valence-electron chi connectivity index (χ2n) is 4.25. The predicted octanol–water partition coefficient (Wildman–Crippen LogP) is 4.11. The number of hydrogen-bond donors (Lipinski definition) is 1. The Morgan fingerprint density at radius 2 is 1.75 bits per heavy atom. The quantitative estimate of drug-likeness (QED) is 0.885. The molecule has 2 aromatic rings. The summed E-state index contributed by atoms with van der Waals surface area (Å²) in [5.41, 5.74) is 0.362. The lowest BCUT2D eigenvalue weighted by molar-refractivity contribution is -0.0473. The van der Waals surface area contributed by atoms with Gasteiger partial charge in [0.2, 0.25) is 0 Å². The third-order valence-corrected chi connectivity index (χ3v) is 3.44. The molecule has 0 aliphatic rings. The van der Waals surface area contributed by atoms with Crippen LogP contribution >= 0.6 is 15.9 Å². The third-order valence-electron chi connectivity index (χ3n) is 2.81. The van der Waals surface area contributed by atoms with E-state index in [1.807, 2.05) is 0 Å². The standard InChI is InChI=1S/C15H13BrF2O2/c16-13-8-4-5-11(9-19)14(13)20-10-15(17,18)12-6-2-1-3-7-12/h1-8,19H,9-10H2. The Morgan fingerprint density at radius 3 is 2.40 bits per heavy atom. The molecule has 2 rings (SSSR count). The van der Waals surface area contributed by atoms with Crippen molar-refractivity contribution < 1.29 is 18.6 Å². The van der Waals surface area contributed by atoms with Crippen LogP contribution in [0.3, 0.4) is 0 Å². The number of ether oxygens (including phenoxy) is 1. The summed E-state index contributed by atoms with van der Waals surface area (Å²) in [6, 6.07) is 12.5. The highest BCUT2D eigenvalue weighted by atomic mass is 79.9. The molecule has 0 aliphatic carbocycles. The van der Waals surface area contributed by atoms with Crippen molar-refractivity contribution in [2.24, 2.45) is 0 Å². The van der Waals surface area contributed by atoms with Gasteiger partial charge in [-0.25, -0.2) is 0 Å². The van der Waals surface area contributed by atoms with Crippen LogP contribution in [0.5, 0.6) is 5.75 Å². The van der Waals surface area contributed by atoms with E-state index >= 15 is 0 Å². The summed E-state index contributed by atoms with van der Waals surface area (Å²) in [6.07, 6.45) is 0. The second kappa shape index (κ2) is 6.33. The minimum atomic E-state index is -3.09. The number of para-hydroxylation sites is 1. The van der Waals surface area contributed by atoms with Crippen LogP contribution in [0.1, 0.15) is 11.1 Å². The van der Waals surface area contributed by atoms with Crippen LogP contribution in [-0.4, -0.2) is 11.7 Å². The van der Waals surface area contributed by atoms with Crippen LogP contribution < -0.4 is 4.74 Å². The van der Waals surface area contributed by atoms with E-state index in [1.54, 1.807) is 36.4 Å². The molecule has 0 heterocycles. The number of aliphatic hydroxyl groups excluding tert-OH is 1. The van der Waals surface area contributed by atoms with E-state index in [0.29, 0.717) is 10.0 Å². The highest BCUT2D eigenvalue weighted by Gasteiger charge is 2.32. The first-order chi connectivity index (χ1) is 9.54. The molecule has 0 amide bonds. The molecule has 0 bridgehead atoms. The molecule has 0 fully saturated rings. The number of aliphatic hydroxyl groups is 1.